The molecular formula is C23H15F3N6O. The number of benzene rings is 2. The molecule has 5 rings (SSSR count). The van der Waals surface area contributed by atoms with Gasteiger partial charge in [0.25, 0.3) is 0 Å². The summed E-state index contributed by atoms with van der Waals surface area (Å²) in [5.41, 5.74) is 7.89. The largest absolute Gasteiger partial charge is 0.416 e. The van der Waals surface area contributed by atoms with Crippen molar-refractivity contribution >= 4 is 28.0 Å². The van der Waals surface area contributed by atoms with Crippen LogP contribution in [0.15, 0.2) is 73.7 Å². The van der Waals surface area contributed by atoms with Crippen LogP contribution >= 0.6 is 0 Å². The first-order valence-corrected chi connectivity index (χ1v) is 9.72. The summed E-state index contributed by atoms with van der Waals surface area (Å²) >= 11 is 0. The van der Waals surface area contributed by atoms with Crippen LogP contribution < -0.4 is 5.73 Å². The quantitative estimate of drug-likeness (QED) is 0.416. The van der Waals surface area contributed by atoms with E-state index < -0.39 is 17.6 Å². The minimum Gasteiger partial charge on any atom is -0.366 e. The first-order chi connectivity index (χ1) is 15.7. The number of nitrogens with two attached hydrogens (primary N) is 1. The fourth-order valence-corrected chi connectivity index (χ4v) is 3.69. The van der Waals surface area contributed by atoms with E-state index in [0.29, 0.717) is 28.2 Å². The highest BCUT2D eigenvalue weighted by Crippen LogP contribution is 2.34. The number of nitrogens with zero attached hydrogens (tertiary/aromatic N) is 5. The van der Waals surface area contributed by atoms with Gasteiger partial charge in [0.2, 0.25) is 5.91 Å². The van der Waals surface area contributed by atoms with E-state index in [1.807, 2.05) is 24.3 Å². The smallest absolute Gasteiger partial charge is 0.366 e. The van der Waals surface area contributed by atoms with Crippen molar-refractivity contribution < 1.29 is 18.0 Å². The van der Waals surface area contributed by atoms with Gasteiger partial charge >= 0.3 is 6.18 Å². The molecule has 2 aromatic carbocycles. The molecule has 0 fully saturated rings. The zero-order valence-electron chi connectivity index (χ0n) is 16.9. The molecule has 164 valence electrons. The van der Waals surface area contributed by atoms with Crippen LogP contribution in [0.3, 0.4) is 0 Å². The van der Waals surface area contributed by atoms with Crippen LogP contribution in [0.5, 0.6) is 0 Å². The molecule has 0 spiro atoms. The number of primary amides is 1. The summed E-state index contributed by atoms with van der Waals surface area (Å²) in [6.45, 7) is 3.75. The molecular weight excluding hydrogens is 433 g/mol. The maximum Gasteiger partial charge on any atom is 0.416 e. The van der Waals surface area contributed by atoms with E-state index in [9.17, 15) is 18.0 Å². The number of carbonyl (C=O) groups is 1. The average molecular weight is 448 g/mol. The standard InChI is InChI=1S/C23H15F3N6O/c1-13(21(27)33)18-10-16(11-31-12-28-29-22(18)31)32-19-5-3-2-4-17(19)20(30-32)14-6-8-15(9-7-14)23(24,25)26/h2-12H,1H2,(H2,27,33). The minimum atomic E-state index is -4.42. The predicted octanol–water partition coefficient (Wildman–Crippen LogP) is 4.25. The molecule has 0 atom stereocenters. The van der Waals surface area contributed by atoms with E-state index in [2.05, 4.69) is 16.8 Å². The maximum atomic E-state index is 13.0. The van der Waals surface area contributed by atoms with Crippen LogP contribution in [-0.2, 0) is 11.0 Å². The van der Waals surface area contributed by atoms with Crippen LogP contribution in [0.2, 0.25) is 0 Å². The second-order valence-corrected chi connectivity index (χ2v) is 7.37. The fourth-order valence-electron chi connectivity index (χ4n) is 3.69. The Bertz CT molecular complexity index is 1550. The second kappa shape index (κ2) is 7.30. The van der Waals surface area contributed by atoms with E-state index >= 15 is 0 Å². The monoisotopic (exact) mass is 448 g/mol. The third kappa shape index (κ3) is 3.41. The van der Waals surface area contributed by atoms with Crippen molar-refractivity contribution in [2.45, 2.75) is 6.18 Å². The molecule has 7 nitrogen and oxygen atoms in total. The topological polar surface area (TPSA) is 91.1 Å². The van der Waals surface area contributed by atoms with Crippen LogP contribution in [-0.4, -0.2) is 30.3 Å². The van der Waals surface area contributed by atoms with Gasteiger partial charge in [-0.25, -0.2) is 4.68 Å². The van der Waals surface area contributed by atoms with E-state index in [-0.39, 0.29) is 5.57 Å². The number of fused-ring (bicyclic) bond motifs is 2. The van der Waals surface area contributed by atoms with E-state index in [0.717, 1.165) is 23.0 Å². The molecule has 0 aliphatic heterocycles. The lowest BCUT2D eigenvalue weighted by molar-refractivity contribution is -0.137. The maximum absolute atomic E-state index is 13.0. The molecule has 5 aromatic rings. The van der Waals surface area contributed by atoms with Gasteiger partial charge in [-0.1, -0.05) is 36.9 Å². The van der Waals surface area contributed by atoms with Crippen LogP contribution in [0.4, 0.5) is 13.2 Å². The number of alkyl halides is 3. The molecule has 0 saturated carbocycles. The number of aromatic nitrogens is 5. The third-order valence-electron chi connectivity index (χ3n) is 5.32. The van der Waals surface area contributed by atoms with Crippen LogP contribution in [0, 0.1) is 0 Å². The number of carbonyl (C=O) groups excluding carboxylic acids is 1. The highest BCUT2D eigenvalue weighted by Gasteiger charge is 2.30. The number of pyridine rings is 1. The molecule has 0 bridgehead atoms. The minimum absolute atomic E-state index is 0.0641. The summed E-state index contributed by atoms with van der Waals surface area (Å²) in [6.07, 6.45) is -1.23. The van der Waals surface area contributed by atoms with E-state index in [1.165, 1.54) is 18.5 Å². The second-order valence-electron chi connectivity index (χ2n) is 7.37. The molecule has 3 aromatic heterocycles. The molecule has 0 saturated heterocycles. The van der Waals surface area contributed by atoms with Crippen molar-refractivity contribution in [1.29, 1.82) is 0 Å². The summed E-state index contributed by atoms with van der Waals surface area (Å²) in [5, 5.41) is 13.3. The van der Waals surface area contributed by atoms with Crippen molar-refractivity contribution in [3.63, 3.8) is 0 Å². The number of halogens is 3. The summed E-state index contributed by atoms with van der Waals surface area (Å²) < 4.78 is 42.2. The molecule has 0 aliphatic carbocycles. The van der Waals surface area contributed by atoms with Crippen molar-refractivity contribution in [2.75, 3.05) is 0 Å². The van der Waals surface area contributed by atoms with Gasteiger partial charge in [-0.3, -0.25) is 9.20 Å². The Morgan fingerprint density at radius 1 is 1.06 bits per heavy atom. The lowest BCUT2D eigenvalue weighted by Crippen LogP contribution is -2.13. The first kappa shape index (κ1) is 20.4. The van der Waals surface area contributed by atoms with Crippen molar-refractivity contribution in [3.05, 3.63) is 84.8 Å². The number of rotatable bonds is 4. The van der Waals surface area contributed by atoms with E-state index in [4.69, 9.17) is 10.8 Å². The van der Waals surface area contributed by atoms with Crippen molar-refractivity contribution in [2.24, 2.45) is 5.73 Å². The Labute approximate surface area is 184 Å². The van der Waals surface area contributed by atoms with Gasteiger partial charge in [-0.05, 0) is 24.3 Å². The average Bonchev–Trinajstić information content (AvgIpc) is 3.42. The molecule has 0 aliphatic rings. The van der Waals surface area contributed by atoms with Gasteiger partial charge in [-0.15, -0.1) is 10.2 Å². The normalized spacial score (nSPS) is 11.8. The van der Waals surface area contributed by atoms with Gasteiger partial charge < -0.3 is 5.73 Å². The summed E-state index contributed by atoms with van der Waals surface area (Å²) in [6, 6.07) is 13.9. The lowest BCUT2D eigenvalue weighted by atomic mass is 10.1. The highest BCUT2D eigenvalue weighted by molar-refractivity contribution is 6.19. The number of hydrogen-bond acceptors (Lipinski definition) is 4. The summed E-state index contributed by atoms with van der Waals surface area (Å²) in [7, 11) is 0. The lowest BCUT2D eigenvalue weighted by Gasteiger charge is -2.09. The molecule has 33 heavy (non-hydrogen) atoms. The molecule has 0 radical (unpaired) electrons. The summed E-state index contributed by atoms with van der Waals surface area (Å²) in [4.78, 5) is 11.8. The zero-order chi connectivity index (χ0) is 23.3. The highest BCUT2D eigenvalue weighted by atomic mass is 19.4. The van der Waals surface area contributed by atoms with Gasteiger partial charge in [-0.2, -0.15) is 18.3 Å². The van der Waals surface area contributed by atoms with Crippen molar-refractivity contribution in [1.82, 2.24) is 24.4 Å². The first-order valence-electron chi connectivity index (χ1n) is 9.72. The third-order valence-corrected chi connectivity index (χ3v) is 5.32. The molecule has 10 heteroatoms. The number of amides is 1. The zero-order valence-corrected chi connectivity index (χ0v) is 16.9. The number of hydrogen-bond donors (Lipinski definition) is 1. The Morgan fingerprint density at radius 3 is 2.48 bits per heavy atom. The van der Waals surface area contributed by atoms with Gasteiger partial charge in [0.1, 0.15) is 12.0 Å². The van der Waals surface area contributed by atoms with Gasteiger partial charge in [0, 0.05) is 28.3 Å². The van der Waals surface area contributed by atoms with Crippen LogP contribution in [0.25, 0.3) is 39.1 Å². The fraction of sp³-hybridized carbons (Fsp3) is 0.0435. The number of para-hydroxylation sites is 1. The van der Waals surface area contributed by atoms with Gasteiger partial charge in [0.15, 0.2) is 5.65 Å². The Morgan fingerprint density at radius 2 is 1.79 bits per heavy atom. The SMILES string of the molecule is C=C(C(N)=O)c1cc(-n2nc(-c3ccc(C(F)(F)F)cc3)c3ccccc32)cn2cnnc12. The predicted molar refractivity (Wildman–Crippen MR) is 116 cm³/mol. The van der Waals surface area contributed by atoms with Crippen molar-refractivity contribution in [3.8, 4) is 16.9 Å². The molecule has 3 heterocycles. The van der Waals surface area contributed by atoms with Crippen LogP contribution in [0.1, 0.15) is 11.1 Å². The molecule has 2 N–H and O–H groups in total. The van der Waals surface area contributed by atoms with Gasteiger partial charge in [0.05, 0.1) is 16.8 Å². The Balaban J connectivity index is 1.72. The summed E-state index contributed by atoms with van der Waals surface area (Å²) in [5.74, 6) is -0.701. The molecule has 1 amide bonds. The van der Waals surface area contributed by atoms with E-state index in [1.54, 1.807) is 21.3 Å². The Kier molecular flexibility index (Phi) is 4.52. The molecule has 0 unspecified atom stereocenters. The Hall–Kier alpha value is -4.47.